The second kappa shape index (κ2) is 9.09. The second-order valence-corrected chi connectivity index (χ2v) is 7.91. The zero-order chi connectivity index (χ0) is 20.1. The molecule has 0 unspecified atom stereocenters. The minimum absolute atomic E-state index is 0.755. The molecule has 0 bridgehead atoms. The average molecular weight is 492 g/mol. The van der Waals surface area contributed by atoms with Crippen molar-refractivity contribution in [2.45, 2.75) is 6.54 Å². The minimum atomic E-state index is 0.755. The summed E-state index contributed by atoms with van der Waals surface area (Å²) in [5.74, 6) is 1.80. The fraction of sp³-hybridized carbons (Fsp3) is 0.0800. The molecule has 0 aliphatic rings. The maximum absolute atomic E-state index is 5.27. The van der Waals surface area contributed by atoms with Crippen molar-refractivity contribution in [2.75, 3.05) is 7.11 Å². The third kappa shape index (κ3) is 4.77. The number of halogens is 1. The zero-order valence-electron chi connectivity index (χ0n) is 16.1. The summed E-state index contributed by atoms with van der Waals surface area (Å²) in [5.41, 5.74) is 4.52. The van der Waals surface area contributed by atoms with Crippen LogP contribution in [0.25, 0.3) is 23.2 Å². The quantitative estimate of drug-likeness (QED) is 0.229. The first kappa shape index (κ1) is 19.5. The maximum atomic E-state index is 5.27. The lowest BCUT2D eigenvalue weighted by molar-refractivity contribution is 0.414. The molecule has 3 aromatic carbocycles. The SMILES string of the molecule is COc1ccc(Cn2c(/C=C/C=C/c3ccc(I)cc3)nc3ccccc32)cc1. The van der Waals surface area contributed by atoms with Gasteiger partial charge in [0, 0.05) is 10.1 Å². The first-order valence-electron chi connectivity index (χ1n) is 9.41. The van der Waals surface area contributed by atoms with Crippen molar-refractivity contribution in [1.29, 1.82) is 0 Å². The number of benzene rings is 3. The van der Waals surface area contributed by atoms with Gasteiger partial charge in [0.15, 0.2) is 0 Å². The van der Waals surface area contributed by atoms with Crippen molar-refractivity contribution in [1.82, 2.24) is 9.55 Å². The normalized spacial score (nSPS) is 11.7. The molecule has 3 nitrogen and oxygen atoms in total. The van der Waals surface area contributed by atoms with Gasteiger partial charge < -0.3 is 9.30 Å². The lowest BCUT2D eigenvalue weighted by Gasteiger charge is -2.08. The van der Waals surface area contributed by atoms with Crippen LogP contribution in [0.2, 0.25) is 0 Å². The first-order valence-corrected chi connectivity index (χ1v) is 10.5. The Bertz CT molecular complexity index is 1160. The fourth-order valence-electron chi connectivity index (χ4n) is 3.18. The number of nitrogens with zero attached hydrogens (tertiary/aromatic N) is 2. The van der Waals surface area contributed by atoms with Crippen molar-refractivity contribution in [3.63, 3.8) is 0 Å². The number of hydrogen-bond donors (Lipinski definition) is 0. The number of imidazole rings is 1. The Morgan fingerprint density at radius 1 is 0.897 bits per heavy atom. The highest BCUT2D eigenvalue weighted by Gasteiger charge is 2.08. The van der Waals surface area contributed by atoms with E-state index in [0.717, 1.165) is 29.2 Å². The number of para-hydroxylation sites is 2. The summed E-state index contributed by atoms with van der Waals surface area (Å²) in [6, 6.07) is 24.9. The molecule has 0 spiro atoms. The molecule has 29 heavy (non-hydrogen) atoms. The molecule has 0 aliphatic heterocycles. The van der Waals surface area contributed by atoms with E-state index in [1.807, 2.05) is 24.3 Å². The van der Waals surface area contributed by atoms with E-state index in [1.165, 1.54) is 14.7 Å². The molecule has 0 saturated carbocycles. The largest absolute Gasteiger partial charge is 0.497 e. The maximum Gasteiger partial charge on any atom is 0.134 e. The summed E-state index contributed by atoms with van der Waals surface area (Å²) in [4.78, 5) is 4.82. The Morgan fingerprint density at radius 2 is 1.62 bits per heavy atom. The summed E-state index contributed by atoms with van der Waals surface area (Å²) in [7, 11) is 1.69. The molecule has 144 valence electrons. The molecule has 0 atom stereocenters. The Morgan fingerprint density at radius 3 is 2.38 bits per heavy atom. The minimum Gasteiger partial charge on any atom is -0.497 e. The summed E-state index contributed by atoms with van der Waals surface area (Å²) < 4.78 is 8.75. The highest BCUT2D eigenvalue weighted by Crippen LogP contribution is 2.20. The summed E-state index contributed by atoms with van der Waals surface area (Å²) in [6.07, 6.45) is 8.26. The van der Waals surface area contributed by atoms with E-state index in [4.69, 9.17) is 9.72 Å². The molecule has 4 heteroatoms. The van der Waals surface area contributed by atoms with Gasteiger partial charge in [-0.15, -0.1) is 0 Å². The van der Waals surface area contributed by atoms with Crippen molar-refractivity contribution in [3.05, 3.63) is 105 Å². The van der Waals surface area contributed by atoms with E-state index >= 15 is 0 Å². The molecule has 0 saturated heterocycles. The number of methoxy groups -OCH3 is 1. The third-order valence-electron chi connectivity index (χ3n) is 4.70. The van der Waals surface area contributed by atoms with Crippen LogP contribution in [0.3, 0.4) is 0 Å². The monoisotopic (exact) mass is 492 g/mol. The Hall–Kier alpha value is -2.86. The molecule has 0 amide bonds. The number of hydrogen-bond acceptors (Lipinski definition) is 2. The van der Waals surface area contributed by atoms with Crippen LogP contribution >= 0.6 is 22.6 Å². The van der Waals surface area contributed by atoms with Gasteiger partial charge in [-0.3, -0.25) is 0 Å². The van der Waals surface area contributed by atoms with Crippen LogP contribution in [0.1, 0.15) is 17.0 Å². The van der Waals surface area contributed by atoms with Gasteiger partial charge in [-0.1, -0.05) is 54.6 Å². The van der Waals surface area contributed by atoms with E-state index in [2.05, 4.69) is 100.0 Å². The summed E-state index contributed by atoms with van der Waals surface area (Å²) in [5, 5.41) is 0. The molecule has 4 rings (SSSR count). The third-order valence-corrected chi connectivity index (χ3v) is 5.42. The van der Waals surface area contributed by atoms with E-state index in [1.54, 1.807) is 7.11 Å². The first-order chi connectivity index (χ1) is 14.2. The molecule has 0 N–H and O–H groups in total. The summed E-state index contributed by atoms with van der Waals surface area (Å²) in [6.45, 7) is 0.755. The second-order valence-electron chi connectivity index (χ2n) is 6.66. The van der Waals surface area contributed by atoms with E-state index < -0.39 is 0 Å². The number of aromatic nitrogens is 2. The summed E-state index contributed by atoms with van der Waals surface area (Å²) >= 11 is 2.32. The van der Waals surface area contributed by atoms with Crippen LogP contribution in [0, 0.1) is 3.57 Å². The highest BCUT2D eigenvalue weighted by atomic mass is 127. The van der Waals surface area contributed by atoms with E-state index in [-0.39, 0.29) is 0 Å². The standard InChI is InChI=1S/C25H21IN2O/c1-29-22-16-12-20(13-17-22)18-28-24-8-4-3-7-23(24)27-25(28)9-5-2-6-19-10-14-21(26)15-11-19/h2-17H,18H2,1H3/b6-2+,9-5+. The highest BCUT2D eigenvalue weighted by molar-refractivity contribution is 14.1. The number of rotatable bonds is 6. The Balaban J connectivity index is 1.61. The smallest absolute Gasteiger partial charge is 0.134 e. The van der Waals surface area contributed by atoms with Gasteiger partial charge in [0.05, 0.1) is 18.1 Å². The van der Waals surface area contributed by atoms with Gasteiger partial charge >= 0.3 is 0 Å². The van der Waals surface area contributed by atoms with Crippen molar-refractivity contribution in [2.24, 2.45) is 0 Å². The lowest BCUT2D eigenvalue weighted by atomic mass is 10.2. The predicted octanol–water partition coefficient (Wildman–Crippen LogP) is 6.42. The molecule has 4 aromatic rings. The van der Waals surface area contributed by atoms with E-state index in [9.17, 15) is 0 Å². The van der Waals surface area contributed by atoms with Crippen LogP contribution < -0.4 is 4.74 Å². The van der Waals surface area contributed by atoms with Gasteiger partial charge in [0.25, 0.3) is 0 Å². The number of fused-ring (bicyclic) bond motifs is 1. The predicted molar refractivity (Wildman–Crippen MR) is 129 cm³/mol. The van der Waals surface area contributed by atoms with Gasteiger partial charge in [-0.05, 0) is 76.2 Å². The lowest BCUT2D eigenvalue weighted by Crippen LogP contribution is -2.02. The van der Waals surface area contributed by atoms with Crippen molar-refractivity contribution < 1.29 is 4.74 Å². The van der Waals surface area contributed by atoms with Crippen molar-refractivity contribution >= 4 is 45.8 Å². The van der Waals surface area contributed by atoms with Crippen molar-refractivity contribution in [3.8, 4) is 5.75 Å². The molecule has 0 aliphatic carbocycles. The van der Waals surface area contributed by atoms with Gasteiger partial charge in [0.1, 0.15) is 11.6 Å². The van der Waals surface area contributed by atoms with E-state index in [0.29, 0.717) is 0 Å². The van der Waals surface area contributed by atoms with Crippen LogP contribution in [-0.2, 0) is 6.54 Å². The molecule has 1 heterocycles. The van der Waals surface area contributed by atoms with Gasteiger partial charge in [0.2, 0.25) is 0 Å². The average Bonchev–Trinajstić information content (AvgIpc) is 3.10. The van der Waals surface area contributed by atoms with Crippen LogP contribution in [-0.4, -0.2) is 16.7 Å². The van der Waals surface area contributed by atoms with Gasteiger partial charge in [-0.2, -0.15) is 0 Å². The fourth-order valence-corrected chi connectivity index (χ4v) is 3.54. The van der Waals surface area contributed by atoms with Crippen LogP contribution in [0.4, 0.5) is 0 Å². The molecule has 1 aromatic heterocycles. The Kier molecular flexibility index (Phi) is 6.10. The topological polar surface area (TPSA) is 27.1 Å². The molecular weight excluding hydrogens is 471 g/mol. The Labute approximate surface area is 184 Å². The number of allylic oxidation sites excluding steroid dienone is 2. The number of ether oxygens (including phenoxy) is 1. The molecule has 0 radical (unpaired) electrons. The molecular formula is C25H21IN2O. The van der Waals surface area contributed by atoms with Crippen LogP contribution in [0.5, 0.6) is 5.75 Å². The van der Waals surface area contributed by atoms with Gasteiger partial charge in [-0.25, -0.2) is 4.98 Å². The molecule has 0 fully saturated rings. The van der Waals surface area contributed by atoms with Crippen LogP contribution in [0.15, 0.2) is 84.9 Å². The zero-order valence-corrected chi connectivity index (χ0v) is 18.3.